The van der Waals surface area contributed by atoms with Gasteiger partial charge in [-0.2, -0.15) is 0 Å². The van der Waals surface area contributed by atoms with Crippen LogP contribution in [0.15, 0.2) is 18.2 Å². The molecular formula is C14H19N3O3. The number of aromatic carboxylic acids is 1. The molecule has 0 aliphatic carbocycles. The molecule has 0 bridgehead atoms. The van der Waals surface area contributed by atoms with Crippen molar-refractivity contribution in [1.29, 1.82) is 0 Å². The van der Waals surface area contributed by atoms with Crippen LogP contribution in [0.25, 0.3) is 11.0 Å². The molecule has 0 saturated heterocycles. The van der Waals surface area contributed by atoms with Crippen LogP contribution in [-0.4, -0.2) is 39.3 Å². The highest BCUT2D eigenvalue weighted by atomic mass is 16.5. The number of nitrogens with zero attached hydrogens (tertiary/aromatic N) is 3. The Bertz CT molecular complexity index is 592. The van der Waals surface area contributed by atoms with Gasteiger partial charge in [0, 0.05) is 19.8 Å². The Morgan fingerprint density at radius 2 is 2.25 bits per heavy atom. The van der Waals surface area contributed by atoms with E-state index in [9.17, 15) is 4.79 Å². The first-order valence-corrected chi connectivity index (χ1v) is 6.72. The van der Waals surface area contributed by atoms with E-state index in [-0.39, 0.29) is 5.56 Å². The van der Waals surface area contributed by atoms with Crippen molar-refractivity contribution in [2.75, 3.05) is 13.2 Å². The van der Waals surface area contributed by atoms with E-state index >= 15 is 0 Å². The van der Waals surface area contributed by atoms with Gasteiger partial charge in [0.1, 0.15) is 5.52 Å². The number of carboxylic acids is 1. The van der Waals surface area contributed by atoms with Crippen LogP contribution in [-0.2, 0) is 11.3 Å². The molecule has 0 fully saturated rings. The summed E-state index contributed by atoms with van der Waals surface area (Å²) in [6.45, 7) is 6.30. The second-order valence-electron chi connectivity index (χ2n) is 5.14. The number of fused-ring (bicyclic) bond motifs is 1. The smallest absolute Gasteiger partial charge is 0.335 e. The first kappa shape index (κ1) is 14.5. The van der Waals surface area contributed by atoms with E-state index in [2.05, 4.69) is 24.2 Å². The molecule has 0 unspecified atom stereocenters. The Balaban J connectivity index is 1.99. The van der Waals surface area contributed by atoms with Crippen LogP contribution in [0.1, 0.15) is 30.6 Å². The molecule has 0 radical (unpaired) electrons. The molecule has 2 rings (SSSR count). The summed E-state index contributed by atoms with van der Waals surface area (Å²) in [4.78, 5) is 11.0. The van der Waals surface area contributed by atoms with Crippen molar-refractivity contribution in [3.63, 3.8) is 0 Å². The molecule has 0 atom stereocenters. The Labute approximate surface area is 117 Å². The average Bonchev–Trinajstić information content (AvgIpc) is 2.80. The summed E-state index contributed by atoms with van der Waals surface area (Å²) >= 11 is 0. The molecule has 0 saturated carbocycles. The van der Waals surface area contributed by atoms with Crippen molar-refractivity contribution in [3.8, 4) is 0 Å². The molecule has 2 aromatic rings. The molecular weight excluding hydrogens is 258 g/mol. The molecule has 0 amide bonds. The van der Waals surface area contributed by atoms with Crippen LogP contribution in [0.5, 0.6) is 0 Å². The first-order chi connectivity index (χ1) is 9.58. The molecule has 1 heterocycles. The third kappa shape index (κ3) is 3.54. The fourth-order valence-electron chi connectivity index (χ4n) is 1.90. The summed E-state index contributed by atoms with van der Waals surface area (Å²) in [7, 11) is 0. The van der Waals surface area contributed by atoms with Crippen LogP contribution >= 0.6 is 0 Å². The summed E-state index contributed by atoms with van der Waals surface area (Å²) in [5.74, 6) is -0.416. The Kier molecular flexibility index (Phi) is 4.68. The number of ether oxygens (including phenoxy) is 1. The Morgan fingerprint density at radius 1 is 1.45 bits per heavy atom. The molecule has 20 heavy (non-hydrogen) atoms. The SMILES string of the molecule is CC(C)COCCCn1nnc2ccc(C(=O)O)cc21. The van der Waals surface area contributed by atoms with E-state index in [1.165, 1.54) is 6.07 Å². The number of hydrogen-bond donors (Lipinski definition) is 1. The van der Waals surface area contributed by atoms with Crippen LogP contribution in [0.4, 0.5) is 0 Å². The third-order valence-corrected chi connectivity index (χ3v) is 2.87. The minimum absolute atomic E-state index is 0.247. The quantitative estimate of drug-likeness (QED) is 0.785. The standard InChI is InChI=1S/C14H19N3O3/c1-10(2)9-20-7-3-6-17-13-8-11(14(18)19)4-5-12(13)15-16-17/h4-5,8,10H,3,6-7,9H2,1-2H3,(H,18,19). The molecule has 6 nitrogen and oxygen atoms in total. The summed E-state index contributed by atoms with van der Waals surface area (Å²) < 4.78 is 7.23. The van der Waals surface area contributed by atoms with E-state index in [0.717, 1.165) is 18.5 Å². The van der Waals surface area contributed by atoms with E-state index < -0.39 is 5.97 Å². The van der Waals surface area contributed by atoms with Gasteiger partial charge in [-0.15, -0.1) is 5.10 Å². The fourth-order valence-corrected chi connectivity index (χ4v) is 1.90. The van der Waals surface area contributed by atoms with Gasteiger partial charge in [0.25, 0.3) is 0 Å². The Hall–Kier alpha value is -1.95. The first-order valence-electron chi connectivity index (χ1n) is 6.72. The second kappa shape index (κ2) is 6.47. The molecule has 0 spiro atoms. The highest BCUT2D eigenvalue weighted by Gasteiger charge is 2.09. The monoisotopic (exact) mass is 277 g/mol. The van der Waals surface area contributed by atoms with Crippen molar-refractivity contribution in [3.05, 3.63) is 23.8 Å². The summed E-state index contributed by atoms with van der Waals surface area (Å²) in [5, 5.41) is 17.1. The van der Waals surface area contributed by atoms with Gasteiger partial charge in [-0.25, -0.2) is 9.48 Å². The zero-order valence-electron chi connectivity index (χ0n) is 11.7. The lowest BCUT2D eigenvalue weighted by atomic mass is 10.2. The maximum atomic E-state index is 11.0. The lowest BCUT2D eigenvalue weighted by Crippen LogP contribution is -2.07. The predicted molar refractivity (Wildman–Crippen MR) is 74.8 cm³/mol. The van der Waals surface area contributed by atoms with Gasteiger partial charge >= 0.3 is 5.97 Å². The number of rotatable bonds is 7. The highest BCUT2D eigenvalue weighted by Crippen LogP contribution is 2.14. The Morgan fingerprint density at radius 3 is 2.95 bits per heavy atom. The van der Waals surface area contributed by atoms with Gasteiger partial charge < -0.3 is 9.84 Å². The van der Waals surface area contributed by atoms with E-state index in [0.29, 0.717) is 24.6 Å². The number of aryl methyl sites for hydroxylation is 1. The number of aromatic nitrogens is 3. The predicted octanol–water partition coefficient (Wildman–Crippen LogP) is 2.19. The lowest BCUT2D eigenvalue weighted by Gasteiger charge is -2.07. The topological polar surface area (TPSA) is 77.2 Å². The molecule has 6 heteroatoms. The normalized spacial score (nSPS) is 11.3. The molecule has 108 valence electrons. The minimum atomic E-state index is -0.945. The van der Waals surface area contributed by atoms with Crippen LogP contribution in [0, 0.1) is 5.92 Å². The van der Waals surface area contributed by atoms with E-state index in [1.807, 2.05) is 0 Å². The van der Waals surface area contributed by atoms with Crippen molar-refractivity contribution in [2.45, 2.75) is 26.8 Å². The van der Waals surface area contributed by atoms with Gasteiger partial charge in [0.05, 0.1) is 11.1 Å². The third-order valence-electron chi connectivity index (χ3n) is 2.87. The zero-order chi connectivity index (χ0) is 14.5. The molecule has 1 aromatic heterocycles. The fraction of sp³-hybridized carbons (Fsp3) is 0.500. The number of hydrogen-bond acceptors (Lipinski definition) is 4. The van der Waals surface area contributed by atoms with Crippen molar-refractivity contribution >= 4 is 17.0 Å². The molecule has 0 aliphatic heterocycles. The zero-order valence-corrected chi connectivity index (χ0v) is 11.7. The van der Waals surface area contributed by atoms with Gasteiger partial charge in [-0.3, -0.25) is 0 Å². The van der Waals surface area contributed by atoms with Crippen molar-refractivity contribution < 1.29 is 14.6 Å². The molecule has 1 aromatic carbocycles. The lowest BCUT2D eigenvalue weighted by molar-refractivity contribution is 0.0697. The highest BCUT2D eigenvalue weighted by molar-refractivity contribution is 5.92. The van der Waals surface area contributed by atoms with Crippen LogP contribution < -0.4 is 0 Å². The number of benzene rings is 1. The van der Waals surface area contributed by atoms with Gasteiger partial charge in [-0.05, 0) is 30.5 Å². The van der Waals surface area contributed by atoms with Gasteiger partial charge in [-0.1, -0.05) is 19.1 Å². The maximum absolute atomic E-state index is 11.0. The van der Waals surface area contributed by atoms with Crippen LogP contribution in [0.3, 0.4) is 0 Å². The summed E-state index contributed by atoms with van der Waals surface area (Å²) in [6.07, 6.45) is 0.822. The van der Waals surface area contributed by atoms with E-state index in [4.69, 9.17) is 9.84 Å². The van der Waals surface area contributed by atoms with Crippen LogP contribution in [0.2, 0.25) is 0 Å². The summed E-state index contributed by atoms with van der Waals surface area (Å²) in [6, 6.07) is 4.82. The average molecular weight is 277 g/mol. The summed E-state index contributed by atoms with van der Waals surface area (Å²) in [5.41, 5.74) is 1.70. The van der Waals surface area contributed by atoms with Crippen molar-refractivity contribution in [2.24, 2.45) is 5.92 Å². The second-order valence-corrected chi connectivity index (χ2v) is 5.14. The largest absolute Gasteiger partial charge is 0.478 e. The maximum Gasteiger partial charge on any atom is 0.335 e. The number of carboxylic acid groups (broad SMARTS) is 1. The number of carbonyl (C=O) groups is 1. The molecule has 1 N–H and O–H groups in total. The minimum Gasteiger partial charge on any atom is -0.478 e. The van der Waals surface area contributed by atoms with Gasteiger partial charge in [0.2, 0.25) is 0 Å². The van der Waals surface area contributed by atoms with Crippen molar-refractivity contribution in [1.82, 2.24) is 15.0 Å². The van der Waals surface area contributed by atoms with Gasteiger partial charge in [0.15, 0.2) is 0 Å². The van der Waals surface area contributed by atoms with E-state index in [1.54, 1.807) is 16.8 Å². The molecule has 0 aliphatic rings.